The molecular formula is C13H16FNO3S. The van der Waals surface area contributed by atoms with Crippen molar-refractivity contribution in [3.05, 3.63) is 29.6 Å². The minimum atomic E-state index is -3.67. The number of hydrogen-bond donors (Lipinski definition) is 1. The lowest BCUT2D eigenvalue weighted by atomic mass is 10.2. The molecule has 6 heteroatoms. The van der Waals surface area contributed by atoms with Crippen molar-refractivity contribution >= 4 is 10.0 Å². The molecule has 0 saturated carbocycles. The van der Waals surface area contributed by atoms with Crippen molar-refractivity contribution in [3.63, 3.8) is 0 Å². The Morgan fingerprint density at radius 1 is 1.42 bits per heavy atom. The van der Waals surface area contributed by atoms with Crippen molar-refractivity contribution in [3.8, 4) is 11.8 Å². The van der Waals surface area contributed by atoms with E-state index in [2.05, 4.69) is 11.8 Å². The van der Waals surface area contributed by atoms with Gasteiger partial charge in [-0.2, -0.15) is 0 Å². The van der Waals surface area contributed by atoms with Crippen LogP contribution in [0.5, 0.6) is 0 Å². The third-order valence-electron chi connectivity index (χ3n) is 2.49. The van der Waals surface area contributed by atoms with Crippen LogP contribution >= 0.6 is 0 Å². The number of hydrogen-bond acceptors (Lipinski definition) is 3. The highest BCUT2D eigenvalue weighted by atomic mass is 32.2. The summed E-state index contributed by atoms with van der Waals surface area (Å²) < 4.78 is 39.0. The molecule has 4 nitrogen and oxygen atoms in total. The quantitative estimate of drug-likeness (QED) is 0.846. The summed E-state index contributed by atoms with van der Waals surface area (Å²) in [7, 11) is -2.21. The molecule has 0 amide bonds. The van der Waals surface area contributed by atoms with Crippen LogP contribution in [0.2, 0.25) is 0 Å². The second-order valence-electron chi connectivity index (χ2n) is 3.93. The van der Waals surface area contributed by atoms with E-state index >= 15 is 0 Å². The molecule has 0 aromatic heterocycles. The van der Waals surface area contributed by atoms with E-state index < -0.39 is 15.8 Å². The summed E-state index contributed by atoms with van der Waals surface area (Å²) in [6.07, 6.45) is 0.679. The van der Waals surface area contributed by atoms with Crippen LogP contribution < -0.4 is 0 Å². The van der Waals surface area contributed by atoms with E-state index in [0.717, 1.165) is 6.07 Å². The average molecular weight is 285 g/mol. The van der Waals surface area contributed by atoms with Gasteiger partial charge < -0.3 is 5.11 Å². The summed E-state index contributed by atoms with van der Waals surface area (Å²) in [5.41, 5.74) is 0.0612. The molecule has 1 rings (SSSR count). The third-order valence-corrected chi connectivity index (χ3v) is 4.34. The summed E-state index contributed by atoms with van der Waals surface area (Å²) in [6.45, 7) is 1.86. The van der Waals surface area contributed by atoms with Crippen LogP contribution in [0.4, 0.5) is 4.39 Å². The summed E-state index contributed by atoms with van der Waals surface area (Å²) in [4.78, 5) is -0.101. The molecule has 1 N–H and O–H groups in total. The predicted octanol–water partition coefficient (Wildman–Crippen LogP) is 1.20. The summed E-state index contributed by atoms with van der Waals surface area (Å²) >= 11 is 0. The highest BCUT2D eigenvalue weighted by molar-refractivity contribution is 7.89. The predicted molar refractivity (Wildman–Crippen MR) is 70.5 cm³/mol. The van der Waals surface area contributed by atoms with Gasteiger partial charge in [-0.1, -0.05) is 18.8 Å². The number of nitrogens with zero attached hydrogens (tertiary/aromatic N) is 1. The van der Waals surface area contributed by atoms with Gasteiger partial charge in [0.1, 0.15) is 12.4 Å². The van der Waals surface area contributed by atoms with Gasteiger partial charge in [-0.05, 0) is 24.6 Å². The van der Waals surface area contributed by atoms with Gasteiger partial charge in [-0.25, -0.2) is 17.1 Å². The number of sulfonamides is 1. The van der Waals surface area contributed by atoms with E-state index in [-0.39, 0.29) is 17.1 Å². The molecule has 0 heterocycles. The normalized spacial score (nSPS) is 11.2. The molecule has 0 radical (unpaired) electrons. The molecule has 1 aromatic rings. The average Bonchev–Trinajstić information content (AvgIpc) is 2.37. The molecule has 0 atom stereocenters. The summed E-state index contributed by atoms with van der Waals surface area (Å²) in [5, 5.41) is 8.54. The Morgan fingerprint density at radius 3 is 2.63 bits per heavy atom. The monoisotopic (exact) mass is 285 g/mol. The number of benzene rings is 1. The number of halogens is 1. The second-order valence-corrected chi connectivity index (χ2v) is 5.97. The SMILES string of the molecule is CCCN(C)S(=O)(=O)c1ccc(C#CCO)c(F)c1. The van der Waals surface area contributed by atoms with Crippen molar-refractivity contribution in [2.75, 3.05) is 20.2 Å². The Kier molecular flexibility index (Phi) is 5.48. The minimum absolute atomic E-state index is 0.0612. The van der Waals surface area contributed by atoms with E-state index in [1.165, 1.54) is 23.5 Å². The van der Waals surface area contributed by atoms with Crippen LogP contribution in [0.25, 0.3) is 0 Å². The first kappa shape index (κ1) is 15.6. The van der Waals surface area contributed by atoms with Crippen LogP contribution in [-0.2, 0) is 10.0 Å². The number of aliphatic hydroxyl groups excluding tert-OH is 1. The van der Waals surface area contributed by atoms with Crippen molar-refractivity contribution in [1.29, 1.82) is 0 Å². The highest BCUT2D eigenvalue weighted by Gasteiger charge is 2.20. The maximum Gasteiger partial charge on any atom is 0.242 e. The summed E-state index contributed by atoms with van der Waals surface area (Å²) in [5.74, 6) is 4.01. The van der Waals surface area contributed by atoms with Gasteiger partial charge in [0.25, 0.3) is 0 Å². The van der Waals surface area contributed by atoms with Crippen molar-refractivity contribution < 1.29 is 17.9 Å². The van der Waals surface area contributed by atoms with E-state index in [4.69, 9.17) is 5.11 Å². The summed E-state index contributed by atoms with van der Waals surface area (Å²) in [6, 6.07) is 3.56. The molecule has 0 aliphatic carbocycles. The van der Waals surface area contributed by atoms with Crippen molar-refractivity contribution in [2.45, 2.75) is 18.2 Å². The van der Waals surface area contributed by atoms with E-state index in [0.29, 0.717) is 13.0 Å². The fraction of sp³-hybridized carbons (Fsp3) is 0.385. The van der Waals surface area contributed by atoms with Crippen LogP contribution in [0, 0.1) is 17.7 Å². The number of aliphatic hydroxyl groups is 1. The van der Waals surface area contributed by atoms with Crippen LogP contribution in [0.15, 0.2) is 23.1 Å². The molecule has 19 heavy (non-hydrogen) atoms. The highest BCUT2D eigenvalue weighted by Crippen LogP contribution is 2.17. The number of rotatable bonds is 4. The molecule has 0 aliphatic heterocycles. The van der Waals surface area contributed by atoms with Crippen LogP contribution in [-0.4, -0.2) is 38.0 Å². The Morgan fingerprint density at radius 2 is 2.11 bits per heavy atom. The standard InChI is InChI=1S/C13H16FNO3S/c1-3-8-15(2)19(17,18)12-7-6-11(5-4-9-16)13(14)10-12/h6-7,10,16H,3,8-9H2,1-2H3. The first-order chi connectivity index (χ1) is 8.93. The Balaban J connectivity index is 3.14. The largest absolute Gasteiger partial charge is 0.384 e. The van der Waals surface area contributed by atoms with Gasteiger partial charge in [0.05, 0.1) is 10.5 Å². The van der Waals surface area contributed by atoms with Gasteiger partial charge >= 0.3 is 0 Å². The Labute approximate surface area is 112 Å². The third kappa shape index (κ3) is 3.77. The van der Waals surface area contributed by atoms with E-state index in [1.807, 2.05) is 6.92 Å². The maximum absolute atomic E-state index is 13.7. The molecule has 104 valence electrons. The van der Waals surface area contributed by atoms with Crippen molar-refractivity contribution in [2.24, 2.45) is 0 Å². The van der Waals surface area contributed by atoms with Crippen LogP contribution in [0.3, 0.4) is 0 Å². The first-order valence-electron chi connectivity index (χ1n) is 5.79. The first-order valence-corrected chi connectivity index (χ1v) is 7.23. The molecule has 0 saturated heterocycles. The molecular weight excluding hydrogens is 269 g/mol. The van der Waals surface area contributed by atoms with Crippen molar-refractivity contribution in [1.82, 2.24) is 4.31 Å². The van der Waals surface area contributed by atoms with Gasteiger partial charge in [0.15, 0.2) is 0 Å². The molecule has 0 fully saturated rings. The zero-order chi connectivity index (χ0) is 14.5. The Bertz CT molecular complexity index is 602. The topological polar surface area (TPSA) is 57.6 Å². The fourth-order valence-electron chi connectivity index (χ4n) is 1.51. The van der Waals surface area contributed by atoms with Gasteiger partial charge in [0, 0.05) is 13.6 Å². The molecule has 1 aromatic carbocycles. The smallest absolute Gasteiger partial charge is 0.242 e. The lowest BCUT2D eigenvalue weighted by Crippen LogP contribution is -2.27. The van der Waals surface area contributed by atoms with Crippen LogP contribution in [0.1, 0.15) is 18.9 Å². The second kappa shape index (κ2) is 6.66. The maximum atomic E-state index is 13.7. The molecule has 0 spiro atoms. The zero-order valence-electron chi connectivity index (χ0n) is 10.9. The fourth-order valence-corrected chi connectivity index (χ4v) is 2.78. The van der Waals surface area contributed by atoms with Gasteiger partial charge in [0.2, 0.25) is 10.0 Å². The zero-order valence-corrected chi connectivity index (χ0v) is 11.7. The van der Waals surface area contributed by atoms with Gasteiger partial charge in [-0.3, -0.25) is 0 Å². The lowest BCUT2D eigenvalue weighted by molar-refractivity contribution is 0.350. The van der Waals surface area contributed by atoms with E-state index in [1.54, 1.807) is 0 Å². The Hall–Kier alpha value is -1.42. The molecule has 0 aliphatic rings. The lowest BCUT2D eigenvalue weighted by Gasteiger charge is -2.16. The molecule has 0 unspecified atom stereocenters. The van der Waals surface area contributed by atoms with E-state index in [9.17, 15) is 12.8 Å². The minimum Gasteiger partial charge on any atom is -0.384 e. The van der Waals surface area contributed by atoms with Gasteiger partial charge in [-0.15, -0.1) is 0 Å². The molecule has 0 bridgehead atoms.